The van der Waals surface area contributed by atoms with E-state index in [1.807, 2.05) is 0 Å². The Labute approximate surface area is 95.2 Å². The Kier molecular flexibility index (Phi) is 4.48. The summed E-state index contributed by atoms with van der Waals surface area (Å²) in [6.45, 7) is 2.57. The molecule has 0 heterocycles. The zero-order valence-corrected chi connectivity index (χ0v) is 10.7. The van der Waals surface area contributed by atoms with E-state index in [1.54, 1.807) is 0 Å². The van der Waals surface area contributed by atoms with Gasteiger partial charge in [-0.25, -0.2) is 8.42 Å². The number of carbonyl (C=O) groups is 2. The van der Waals surface area contributed by atoms with Crippen LogP contribution in [-0.2, 0) is 19.4 Å². The molecule has 0 aliphatic heterocycles. The number of hydrogen-bond acceptors (Lipinski definition) is 4. The van der Waals surface area contributed by atoms with Gasteiger partial charge in [-0.05, 0) is 13.8 Å². The summed E-state index contributed by atoms with van der Waals surface area (Å²) in [5, 5.41) is 8.82. The largest absolute Gasteiger partial charge is 0.480 e. The zero-order valence-electron chi connectivity index (χ0n) is 9.85. The highest BCUT2D eigenvalue weighted by Gasteiger charge is 2.38. The van der Waals surface area contributed by atoms with E-state index in [9.17, 15) is 18.0 Å². The molecule has 0 rings (SSSR count). The van der Waals surface area contributed by atoms with Gasteiger partial charge in [-0.1, -0.05) is 0 Å². The van der Waals surface area contributed by atoms with Crippen molar-refractivity contribution in [2.75, 3.05) is 25.6 Å². The molecule has 1 amide bonds. The molecule has 0 aromatic heterocycles. The van der Waals surface area contributed by atoms with E-state index in [4.69, 9.17) is 5.11 Å². The quantitative estimate of drug-likeness (QED) is 0.671. The molecule has 6 nitrogen and oxygen atoms in total. The van der Waals surface area contributed by atoms with Crippen LogP contribution < -0.4 is 0 Å². The van der Waals surface area contributed by atoms with Gasteiger partial charge in [0.15, 0.2) is 0 Å². The van der Waals surface area contributed by atoms with Crippen LogP contribution in [0.25, 0.3) is 0 Å². The van der Waals surface area contributed by atoms with Crippen molar-refractivity contribution in [1.82, 2.24) is 4.90 Å². The second kappa shape index (κ2) is 4.82. The van der Waals surface area contributed by atoms with Crippen LogP contribution in [0.15, 0.2) is 0 Å². The van der Waals surface area contributed by atoms with E-state index >= 15 is 0 Å². The predicted octanol–water partition coefficient (Wildman–Crippen LogP) is -0.400. The molecule has 0 spiro atoms. The monoisotopic (exact) mass is 251 g/mol. The fourth-order valence-electron chi connectivity index (χ4n) is 0.973. The number of carboxylic acid groups (broad SMARTS) is 1. The maximum absolute atomic E-state index is 11.7. The molecule has 94 valence electrons. The van der Waals surface area contributed by atoms with E-state index in [2.05, 4.69) is 0 Å². The molecule has 0 bridgehead atoms. The average Bonchev–Trinajstić information content (AvgIpc) is 2.11. The fraction of sp³-hybridized carbons (Fsp3) is 0.778. The van der Waals surface area contributed by atoms with Crippen LogP contribution in [0.4, 0.5) is 0 Å². The van der Waals surface area contributed by atoms with Crippen LogP contribution in [0.2, 0.25) is 0 Å². The third-order valence-electron chi connectivity index (χ3n) is 2.21. The summed E-state index contributed by atoms with van der Waals surface area (Å²) < 4.78 is 21.8. The smallest absolute Gasteiger partial charge is 0.318 e. The lowest BCUT2D eigenvalue weighted by atomic mass is 9.92. The van der Waals surface area contributed by atoms with Crippen molar-refractivity contribution < 1.29 is 23.1 Å². The van der Waals surface area contributed by atoms with Crippen LogP contribution in [-0.4, -0.2) is 55.9 Å². The average molecular weight is 251 g/mol. The van der Waals surface area contributed by atoms with Crippen molar-refractivity contribution in [3.05, 3.63) is 0 Å². The Morgan fingerprint density at radius 3 is 2.06 bits per heavy atom. The molecule has 0 saturated heterocycles. The van der Waals surface area contributed by atoms with Crippen molar-refractivity contribution in [1.29, 1.82) is 0 Å². The number of amides is 1. The zero-order chi connectivity index (χ0) is 13.1. The van der Waals surface area contributed by atoms with Gasteiger partial charge in [0.2, 0.25) is 5.91 Å². The summed E-state index contributed by atoms with van der Waals surface area (Å²) in [5.74, 6) is -2.02. The lowest BCUT2D eigenvalue weighted by Crippen LogP contribution is -2.44. The third kappa shape index (κ3) is 4.18. The Hall–Kier alpha value is -1.11. The molecule has 0 unspecified atom stereocenters. The van der Waals surface area contributed by atoms with Crippen molar-refractivity contribution >= 4 is 21.7 Å². The van der Waals surface area contributed by atoms with Crippen LogP contribution in [0, 0.1) is 5.41 Å². The number of carboxylic acids is 1. The normalized spacial score (nSPS) is 12.2. The molecule has 0 fully saturated rings. The van der Waals surface area contributed by atoms with Crippen LogP contribution in [0.3, 0.4) is 0 Å². The third-order valence-corrected chi connectivity index (χ3v) is 3.14. The lowest BCUT2D eigenvalue weighted by Gasteiger charge is -2.25. The van der Waals surface area contributed by atoms with Crippen molar-refractivity contribution in [2.24, 2.45) is 5.41 Å². The standard InChI is InChI=1S/C9H17NO5S/c1-9(2,8(12)13)7(11)10(3)5-6-16(4,14)15/h5-6H2,1-4H3,(H,12,13). The van der Waals surface area contributed by atoms with Crippen LogP contribution >= 0.6 is 0 Å². The molecular formula is C9H17NO5S. The Bertz CT molecular complexity index is 385. The highest BCUT2D eigenvalue weighted by molar-refractivity contribution is 7.90. The van der Waals surface area contributed by atoms with E-state index in [0.717, 1.165) is 11.2 Å². The number of hydrogen-bond donors (Lipinski definition) is 1. The summed E-state index contributed by atoms with van der Waals surface area (Å²) in [6, 6.07) is 0. The van der Waals surface area contributed by atoms with Crippen LogP contribution in [0.5, 0.6) is 0 Å². The lowest BCUT2D eigenvalue weighted by molar-refractivity contribution is -0.157. The first kappa shape index (κ1) is 14.9. The van der Waals surface area contributed by atoms with Gasteiger partial charge in [-0.2, -0.15) is 0 Å². The summed E-state index contributed by atoms with van der Waals surface area (Å²) >= 11 is 0. The molecule has 0 radical (unpaired) electrons. The number of rotatable bonds is 5. The van der Waals surface area contributed by atoms with Gasteiger partial charge < -0.3 is 10.0 Å². The number of nitrogens with zero attached hydrogens (tertiary/aromatic N) is 1. The molecule has 0 aromatic rings. The van der Waals surface area contributed by atoms with Gasteiger partial charge in [0.25, 0.3) is 0 Å². The van der Waals surface area contributed by atoms with E-state index < -0.39 is 27.1 Å². The van der Waals surface area contributed by atoms with Gasteiger partial charge in [-0.15, -0.1) is 0 Å². The highest BCUT2D eigenvalue weighted by Crippen LogP contribution is 2.18. The highest BCUT2D eigenvalue weighted by atomic mass is 32.2. The number of carbonyl (C=O) groups excluding carboxylic acids is 1. The maximum Gasteiger partial charge on any atom is 0.318 e. The Balaban J connectivity index is 4.58. The van der Waals surface area contributed by atoms with Gasteiger partial charge in [-0.3, -0.25) is 9.59 Å². The minimum absolute atomic E-state index is 0.00558. The molecule has 0 aliphatic rings. The molecule has 0 aliphatic carbocycles. The molecule has 16 heavy (non-hydrogen) atoms. The van der Waals surface area contributed by atoms with E-state index in [-0.39, 0.29) is 12.3 Å². The Morgan fingerprint density at radius 1 is 1.31 bits per heavy atom. The SMILES string of the molecule is CN(CCS(C)(=O)=O)C(=O)C(C)(C)C(=O)O. The molecule has 0 saturated carbocycles. The van der Waals surface area contributed by atoms with Gasteiger partial charge >= 0.3 is 5.97 Å². The van der Waals surface area contributed by atoms with Crippen LogP contribution in [0.1, 0.15) is 13.8 Å². The first-order chi connectivity index (χ1) is 6.98. The summed E-state index contributed by atoms with van der Waals surface area (Å²) in [5.41, 5.74) is -1.54. The second-order valence-electron chi connectivity index (χ2n) is 4.29. The summed E-state index contributed by atoms with van der Waals surface area (Å²) in [7, 11) is -1.77. The van der Waals surface area contributed by atoms with E-state index in [0.29, 0.717) is 0 Å². The first-order valence-electron chi connectivity index (χ1n) is 4.65. The second-order valence-corrected chi connectivity index (χ2v) is 6.55. The molecular weight excluding hydrogens is 234 g/mol. The minimum atomic E-state index is -3.16. The number of aliphatic carboxylic acids is 1. The molecule has 1 N–H and O–H groups in total. The number of sulfone groups is 1. The molecule has 0 aromatic carbocycles. The topological polar surface area (TPSA) is 91.8 Å². The first-order valence-corrected chi connectivity index (χ1v) is 6.71. The van der Waals surface area contributed by atoms with Crippen molar-refractivity contribution in [2.45, 2.75) is 13.8 Å². The summed E-state index contributed by atoms with van der Waals surface area (Å²) in [6.07, 6.45) is 1.06. The van der Waals surface area contributed by atoms with Gasteiger partial charge in [0, 0.05) is 19.8 Å². The molecule has 7 heteroatoms. The fourth-order valence-corrected chi connectivity index (χ4v) is 1.58. The van der Waals surface area contributed by atoms with Crippen molar-refractivity contribution in [3.8, 4) is 0 Å². The predicted molar refractivity (Wildman–Crippen MR) is 58.8 cm³/mol. The Morgan fingerprint density at radius 2 is 1.75 bits per heavy atom. The van der Waals surface area contributed by atoms with E-state index in [1.165, 1.54) is 20.9 Å². The molecule has 0 atom stereocenters. The maximum atomic E-state index is 11.7. The van der Waals surface area contributed by atoms with Gasteiger partial charge in [0.05, 0.1) is 5.75 Å². The van der Waals surface area contributed by atoms with Gasteiger partial charge in [0.1, 0.15) is 15.3 Å². The minimum Gasteiger partial charge on any atom is -0.480 e. The van der Waals surface area contributed by atoms with Crippen molar-refractivity contribution in [3.63, 3.8) is 0 Å². The summed E-state index contributed by atoms with van der Waals surface area (Å²) in [4.78, 5) is 23.6.